The Bertz CT molecular complexity index is 388. The van der Waals surface area contributed by atoms with Gasteiger partial charge in [-0.25, -0.2) is 9.59 Å². The van der Waals surface area contributed by atoms with Crippen LogP contribution in [0.25, 0.3) is 0 Å². The lowest BCUT2D eigenvalue weighted by molar-refractivity contribution is -0.141. The Balaban J connectivity index is 1.81. The number of hydrogen-bond donors (Lipinski definition) is 3. The predicted molar refractivity (Wildman–Crippen MR) is 75.5 cm³/mol. The van der Waals surface area contributed by atoms with E-state index in [2.05, 4.69) is 15.5 Å². The third-order valence-electron chi connectivity index (χ3n) is 4.01. The molecular formula is C14H25N3O3. The maximum atomic E-state index is 11.9. The van der Waals surface area contributed by atoms with E-state index in [0.717, 1.165) is 19.5 Å². The van der Waals surface area contributed by atoms with Crippen molar-refractivity contribution in [3.05, 3.63) is 0 Å². The molecule has 0 spiro atoms. The van der Waals surface area contributed by atoms with Gasteiger partial charge < -0.3 is 15.7 Å². The summed E-state index contributed by atoms with van der Waals surface area (Å²) >= 11 is 0. The standard InChI is InChI=1S/C14H25N3O3/c1-14(2,3)11(12(18)19)16-13(20)15-9-6-7-17(8-9)10-4-5-10/h9-11H,4-8H2,1-3H3,(H,18,19)(H2,15,16,20)/t9?,11-/m0/s1. The van der Waals surface area contributed by atoms with E-state index in [1.807, 2.05) is 0 Å². The topological polar surface area (TPSA) is 81.7 Å². The Kier molecular flexibility index (Phi) is 4.22. The number of amides is 2. The van der Waals surface area contributed by atoms with E-state index < -0.39 is 17.4 Å². The SMILES string of the molecule is CC(C)(C)[C@@H](NC(=O)NC1CCN(C2CC2)C1)C(=O)O. The van der Waals surface area contributed by atoms with Crippen molar-refractivity contribution < 1.29 is 14.7 Å². The third kappa shape index (κ3) is 3.85. The number of carboxylic acids is 1. The Morgan fingerprint density at radius 1 is 1.25 bits per heavy atom. The minimum absolute atomic E-state index is 0.130. The van der Waals surface area contributed by atoms with Crippen LogP contribution >= 0.6 is 0 Å². The second-order valence-electron chi connectivity index (χ2n) is 6.97. The Morgan fingerprint density at radius 3 is 2.40 bits per heavy atom. The van der Waals surface area contributed by atoms with Gasteiger partial charge >= 0.3 is 12.0 Å². The van der Waals surface area contributed by atoms with Crippen molar-refractivity contribution in [1.29, 1.82) is 0 Å². The van der Waals surface area contributed by atoms with Crippen molar-refractivity contribution in [1.82, 2.24) is 15.5 Å². The molecule has 6 heteroatoms. The molecule has 3 N–H and O–H groups in total. The third-order valence-corrected chi connectivity index (χ3v) is 4.01. The van der Waals surface area contributed by atoms with Crippen molar-refractivity contribution in [3.63, 3.8) is 0 Å². The summed E-state index contributed by atoms with van der Waals surface area (Å²) in [4.78, 5) is 25.6. The second kappa shape index (κ2) is 5.60. The summed E-state index contributed by atoms with van der Waals surface area (Å²) in [5.41, 5.74) is -0.515. The average Bonchev–Trinajstić information content (AvgIpc) is 3.06. The van der Waals surface area contributed by atoms with Gasteiger partial charge in [0.15, 0.2) is 0 Å². The van der Waals surface area contributed by atoms with Crippen LogP contribution in [0.15, 0.2) is 0 Å². The van der Waals surface area contributed by atoms with Crippen molar-refractivity contribution >= 4 is 12.0 Å². The Hall–Kier alpha value is -1.30. The van der Waals surface area contributed by atoms with E-state index in [9.17, 15) is 14.7 Å². The van der Waals surface area contributed by atoms with Crippen LogP contribution in [-0.4, -0.2) is 53.2 Å². The zero-order valence-corrected chi connectivity index (χ0v) is 12.5. The molecule has 1 heterocycles. The van der Waals surface area contributed by atoms with Crippen LogP contribution in [0.1, 0.15) is 40.0 Å². The maximum Gasteiger partial charge on any atom is 0.326 e. The summed E-state index contributed by atoms with van der Waals surface area (Å²) in [6, 6.07) is -0.422. The number of likely N-dealkylation sites (tertiary alicyclic amines) is 1. The summed E-state index contributed by atoms with van der Waals surface area (Å²) in [5, 5.41) is 14.7. The molecule has 0 aromatic carbocycles. The summed E-state index contributed by atoms with van der Waals surface area (Å²) in [6.45, 7) is 7.31. The Labute approximate surface area is 119 Å². The van der Waals surface area contributed by atoms with Crippen LogP contribution in [0.4, 0.5) is 4.79 Å². The quantitative estimate of drug-likeness (QED) is 0.719. The number of carboxylic acid groups (broad SMARTS) is 1. The van der Waals surface area contributed by atoms with Gasteiger partial charge in [0.25, 0.3) is 0 Å². The van der Waals surface area contributed by atoms with Crippen LogP contribution in [-0.2, 0) is 4.79 Å². The lowest BCUT2D eigenvalue weighted by atomic mass is 9.87. The van der Waals surface area contributed by atoms with E-state index in [1.165, 1.54) is 12.8 Å². The monoisotopic (exact) mass is 283 g/mol. The molecule has 0 aromatic heterocycles. The van der Waals surface area contributed by atoms with Crippen LogP contribution in [0.2, 0.25) is 0 Å². The van der Waals surface area contributed by atoms with Gasteiger partial charge in [-0.3, -0.25) is 4.90 Å². The van der Waals surface area contributed by atoms with Gasteiger partial charge in [-0.15, -0.1) is 0 Å². The highest BCUT2D eigenvalue weighted by atomic mass is 16.4. The molecule has 0 bridgehead atoms. The Morgan fingerprint density at radius 2 is 1.90 bits per heavy atom. The molecule has 1 aliphatic carbocycles. The van der Waals surface area contributed by atoms with E-state index in [-0.39, 0.29) is 12.1 Å². The highest BCUT2D eigenvalue weighted by Crippen LogP contribution is 2.29. The molecule has 2 rings (SSSR count). The number of nitrogens with zero attached hydrogens (tertiary/aromatic N) is 1. The van der Waals surface area contributed by atoms with E-state index in [4.69, 9.17) is 0 Å². The van der Waals surface area contributed by atoms with Crippen molar-refractivity contribution in [3.8, 4) is 0 Å². The first kappa shape index (κ1) is 15.1. The number of carbonyl (C=O) groups excluding carboxylic acids is 1. The zero-order chi connectivity index (χ0) is 14.9. The van der Waals surface area contributed by atoms with Crippen LogP contribution in [0.5, 0.6) is 0 Å². The molecule has 0 radical (unpaired) electrons. The fourth-order valence-electron chi connectivity index (χ4n) is 2.68. The van der Waals surface area contributed by atoms with Crippen LogP contribution in [0.3, 0.4) is 0 Å². The molecule has 6 nitrogen and oxygen atoms in total. The molecule has 1 saturated heterocycles. The number of aliphatic carboxylic acids is 1. The van der Waals surface area contributed by atoms with Crippen LogP contribution < -0.4 is 10.6 Å². The molecule has 2 fully saturated rings. The number of urea groups is 1. The first-order valence-electron chi connectivity index (χ1n) is 7.31. The fourth-order valence-corrected chi connectivity index (χ4v) is 2.68. The summed E-state index contributed by atoms with van der Waals surface area (Å²) in [5.74, 6) is -1.00. The molecule has 2 atom stereocenters. The minimum Gasteiger partial charge on any atom is -0.480 e. The van der Waals surface area contributed by atoms with Gasteiger partial charge in [0.05, 0.1) is 0 Å². The van der Waals surface area contributed by atoms with Crippen molar-refractivity contribution in [2.75, 3.05) is 13.1 Å². The average molecular weight is 283 g/mol. The summed E-state index contributed by atoms with van der Waals surface area (Å²) < 4.78 is 0. The minimum atomic E-state index is -1.00. The molecule has 1 saturated carbocycles. The van der Waals surface area contributed by atoms with Gasteiger partial charge in [-0.1, -0.05) is 20.8 Å². The fraction of sp³-hybridized carbons (Fsp3) is 0.857. The first-order chi connectivity index (χ1) is 9.27. The zero-order valence-electron chi connectivity index (χ0n) is 12.5. The summed E-state index contributed by atoms with van der Waals surface area (Å²) in [7, 11) is 0. The van der Waals surface area contributed by atoms with Crippen molar-refractivity contribution in [2.45, 2.75) is 58.2 Å². The van der Waals surface area contributed by atoms with Gasteiger partial charge in [0, 0.05) is 25.2 Å². The van der Waals surface area contributed by atoms with Crippen molar-refractivity contribution in [2.24, 2.45) is 5.41 Å². The van der Waals surface area contributed by atoms with Gasteiger partial charge in [0.1, 0.15) is 6.04 Å². The molecule has 2 amide bonds. The van der Waals surface area contributed by atoms with Gasteiger partial charge in [-0.2, -0.15) is 0 Å². The molecule has 0 aromatic rings. The van der Waals surface area contributed by atoms with E-state index in [0.29, 0.717) is 6.04 Å². The maximum absolute atomic E-state index is 11.9. The number of rotatable bonds is 4. The predicted octanol–water partition coefficient (Wildman–Crippen LogP) is 1.02. The highest BCUT2D eigenvalue weighted by molar-refractivity contribution is 5.83. The molecule has 2 aliphatic rings. The lowest BCUT2D eigenvalue weighted by Gasteiger charge is -2.28. The molecule has 114 valence electrons. The number of carbonyl (C=O) groups is 2. The first-order valence-corrected chi connectivity index (χ1v) is 7.31. The molecule has 1 unspecified atom stereocenters. The smallest absolute Gasteiger partial charge is 0.326 e. The molecule has 1 aliphatic heterocycles. The van der Waals surface area contributed by atoms with Gasteiger partial charge in [0.2, 0.25) is 0 Å². The normalized spacial score (nSPS) is 25.2. The molecule has 20 heavy (non-hydrogen) atoms. The number of nitrogens with one attached hydrogen (secondary N) is 2. The highest BCUT2D eigenvalue weighted by Gasteiger charge is 2.36. The lowest BCUT2D eigenvalue weighted by Crippen LogP contribution is -2.54. The van der Waals surface area contributed by atoms with E-state index in [1.54, 1.807) is 20.8 Å². The van der Waals surface area contributed by atoms with Crippen LogP contribution in [0, 0.1) is 5.41 Å². The molecular weight excluding hydrogens is 258 g/mol. The number of hydrogen-bond acceptors (Lipinski definition) is 3. The van der Waals surface area contributed by atoms with E-state index >= 15 is 0 Å². The summed E-state index contributed by atoms with van der Waals surface area (Å²) in [6.07, 6.45) is 3.48. The largest absolute Gasteiger partial charge is 0.480 e. The second-order valence-corrected chi connectivity index (χ2v) is 6.97. The van der Waals surface area contributed by atoms with Gasteiger partial charge in [-0.05, 0) is 24.7 Å².